The SMILES string of the molecule is Cc1nc2cc(C3CCCO3)[nH]n2c(=O)c1CCO. The highest BCUT2D eigenvalue weighted by Gasteiger charge is 2.21. The quantitative estimate of drug-likeness (QED) is 0.855. The number of aryl methyl sites for hydroxylation is 1. The van der Waals surface area contributed by atoms with Crippen molar-refractivity contribution in [2.45, 2.75) is 32.3 Å². The van der Waals surface area contributed by atoms with Gasteiger partial charge < -0.3 is 9.84 Å². The highest BCUT2D eigenvalue weighted by atomic mass is 16.5. The lowest BCUT2D eigenvalue weighted by Gasteiger charge is -2.05. The zero-order valence-electron chi connectivity index (χ0n) is 10.8. The summed E-state index contributed by atoms with van der Waals surface area (Å²) in [6.45, 7) is 2.51. The van der Waals surface area contributed by atoms with Crippen molar-refractivity contribution in [3.05, 3.63) is 33.4 Å². The summed E-state index contributed by atoms with van der Waals surface area (Å²) in [6, 6.07) is 1.87. The number of rotatable bonds is 3. The highest BCUT2D eigenvalue weighted by molar-refractivity contribution is 5.42. The van der Waals surface area contributed by atoms with Gasteiger partial charge in [-0.1, -0.05) is 0 Å². The Labute approximate surface area is 110 Å². The molecule has 3 heterocycles. The predicted octanol–water partition coefficient (Wildman–Crippen LogP) is 0.717. The number of aromatic nitrogens is 3. The van der Waals surface area contributed by atoms with Crippen molar-refractivity contribution in [3.8, 4) is 0 Å². The van der Waals surface area contributed by atoms with Crippen LogP contribution in [0.5, 0.6) is 0 Å². The van der Waals surface area contributed by atoms with Gasteiger partial charge in [0.1, 0.15) is 0 Å². The van der Waals surface area contributed by atoms with Crippen molar-refractivity contribution < 1.29 is 9.84 Å². The van der Waals surface area contributed by atoms with Gasteiger partial charge in [0, 0.05) is 37.0 Å². The van der Waals surface area contributed by atoms with Crippen LogP contribution in [0.25, 0.3) is 5.65 Å². The molecule has 1 fully saturated rings. The van der Waals surface area contributed by atoms with Crippen molar-refractivity contribution in [1.82, 2.24) is 14.6 Å². The van der Waals surface area contributed by atoms with E-state index in [0.717, 1.165) is 25.1 Å². The van der Waals surface area contributed by atoms with Crippen molar-refractivity contribution in [3.63, 3.8) is 0 Å². The smallest absolute Gasteiger partial charge is 0.276 e. The number of nitrogens with zero attached hydrogens (tertiary/aromatic N) is 2. The fraction of sp³-hybridized carbons (Fsp3) is 0.538. The number of nitrogens with one attached hydrogen (secondary N) is 1. The lowest BCUT2D eigenvalue weighted by molar-refractivity contribution is 0.108. The van der Waals surface area contributed by atoms with Gasteiger partial charge in [-0.2, -0.15) is 0 Å². The molecule has 1 unspecified atom stereocenters. The molecular formula is C13H17N3O3. The van der Waals surface area contributed by atoms with E-state index in [9.17, 15) is 4.79 Å². The van der Waals surface area contributed by atoms with Crippen LogP contribution in [0.4, 0.5) is 0 Å². The van der Waals surface area contributed by atoms with Crippen molar-refractivity contribution in [2.24, 2.45) is 0 Å². The number of ether oxygens (including phenoxy) is 1. The van der Waals surface area contributed by atoms with Crippen LogP contribution < -0.4 is 5.56 Å². The largest absolute Gasteiger partial charge is 0.396 e. The molecule has 102 valence electrons. The third-order valence-corrected chi connectivity index (χ3v) is 3.57. The van der Waals surface area contributed by atoms with Gasteiger partial charge in [0.2, 0.25) is 0 Å². The molecule has 0 bridgehead atoms. The van der Waals surface area contributed by atoms with Crippen LogP contribution in [0.1, 0.15) is 35.9 Å². The fourth-order valence-corrected chi connectivity index (χ4v) is 2.58. The zero-order valence-corrected chi connectivity index (χ0v) is 10.8. The minimum Gasteiger partial charge on any atom is -0.396 e. The van der Waals surface area contributed by atoms with Gasteiger partial charge in [0.25, 0.3) is 5.56 Å². The number of hydrogen-bond donors (Lipinski definition) is 2. The summed E-state index contributed by atoms with van der Waals surface area (Å²) in [4.78, 5) is 16.7. The molecule has 2 aromatic heterocycles. The van der Waals surface area contributed by atoms with E-state index in [0.29, 0.717) is 23.3 Å². The summed E-state index contributed by atoms with van der Waals surface area (Å²) in [5.41, 5.74) is 2.59. The van der Waals surface area contributed by atoms with E-state index in [1.165, 1.54) is 4.52 Å². The monoisotopic (exact) mass is 263 g/mol. The highest BCUT2D eigenvalue weighted by Crippen LogP contribution is 2.27. The molecule has 1 saturated heterocycles. The van der Waals surface area contributed by atoms with E-state index in [1.807, 2.05) is 6.07 Å². The Kier molecular flexibility index (Phi) is 3.12. The van der Waals surface area contributed by atoms with Crippen molar-refractivity contribution in [2.75, 3.05) is 13.2 Å². The van der Waals surface area contributed by atoms with E-state index in [4.69, 9.17) is 9.84 Å². The molecule has 0 amide bonds. The van der Waals surface area contributed by atoms with E-state index >= 15 is 0 Å². The van der Waals surface area contributed by atoms with Gasteiger partial charge >= 0.3 is 0 Å². The lowest BCUT2D eigenvalue weighted by Crippen LogP contribution is -2.22. The Morgan fingerprint density at radius 2 is 2.47 bits per heavy atom. The van der Waals surface area contributed by atoms with Gasteiger partial charge in [-0.05, 0) is 19.8 Å². The van der Waals surface area contributed by atoms with Crippen LogP contribution in [0, 0.1) is 6.92 Å². The number of aromatic amines is 1. The van der Waals surface area contributed by atoms with Crippen LogP contribution in [-0.2, 0) is 11.2 Å². The second-order valence-corrected chi connectivity index (χ2v) is 4.86. The molecule has 0 radical (unpaired) electrons. The maximum atomic E-state index is 12.3. The van der Waals surface area contributed by atoms with Crippen LogP contribution in [0.15, 0.2) is 10.9 Å². The van der Waals surface area contributed by atoms with Crippen LogP contribution in [-0.4, -0.2) is 32.9 Å². The number of aliphatic hydroxyl groups is 1. The van der Waals surface area contributed by atoms with E-state index in [1.54, 1.807) is 6.92 Å². The molecule has 3 rings (SSSR count). The van der Waals surface area contributed by atoms with Gasteiger partial charge in [-0.25, -0.2) is 9.50 Å². The average molecular weight is 263 g/mol. The minimum absolute atomic E-state index is 0.0303. The first kappa shape index (κ1) is 12.4. The summed E-state index contributed by atoms with van der Waals surface area (Å²) >= 11 is 0. The molecule has 19 heavy (non-hydrogen) atoms. The molecular weight excluding hydrogens is 246 g/mol. The molecule has 1 atom stereocenters. The number of hydrogen-bond acceptors (Lipinski definition) is 4. The maximum Gasteiger partial charge on any atom is 0.276 e. The fourth-order valence-electron chi connectivity index (χ4n) is 2.58. The van der Waals surface area contributed by atoms with Gasteiger partial charge in [0.05, 0.1) is 11.8 Å². The first-order chi connectivity index (χ1) is 9.20. The summed E-state index contributed by atoms with van der Waals surface area (Å²) in [5, 5.41) is 12.1. The summed E-state index contributed by atoms with van der Waals surface area (Å²) in [6.07, 6.45) is 2.36. The third-order valence-electron chi connectivity index (χ3n) is 3.57. The van der Waals surface area contributed by atoms with Gasteiger partial charge in [0.15, 0.2) is 5.65 Å². The van der Waals surface area contributed by atoms with Gasteiger partial charge in [-0.15, -0.1) is 0 Å². The third kappa shape index (κ3) is 2.06. The van der Waals surface area contributed by atoms with Crippen LogP contribution in [0.2, 0.25) is 0 Å². The Morgan fingerprint density at radius 1 is 1.63 bits per heavy atom. The minimum atomic E-state index is -0.138. The first-order valence-electron chi connectivity index (χ1n) is 6.54. The Hall–Kier alpha value is -1.66. The summed E-state index contributed by atoms with van der Waals surface area (Å²) in [7, 11) is 0. The maximum absolute atomic E-state index is 12.3. The molecule has 0 aromatic carbocycles. The molecule has 1 aliphatic heterocycles. The Balaban J connectivity index is 2.12. The molecule has 0 saturated carbocycles. The molecule has 1 aliphatic rings. The zero-order chi connectivity index (χ0) is 13.4. The number of fused-ring (bicyclic) bond motifs is 1. The second-order valence-electron chi connectivity index (χ2n) is 4.86. The summed E-state index contributed by atoms with van der Waals surface area (Å²) in [5.74, 6) is 0. The summed E-state index contributed by atoms with van der Waals surface area (Å²) < 4.78 is 7.04. The van der Waals surface area contributed by atoms with E-state index in [2.05, 4.69) is 10.1 Å². The second kappa shape index (κ2) is 4.79. The number of aliphatic hydroxyl groups excluding tert-OH is 1. The number of H-pyrrole nitrogens is 1. The predicted molar refractivity (Wildman–Crippen MR) is 69.3 cm³/mol. The van der Waals surface area contributed by atoms with E-state index in [-0.39, 0.29) is 18.3 Å². The van der Waals surface area contributed by atoms with E-state index < -0.39 is 0 Å². The molecule has 6 heteroatoms. The Bertz CT molecular complexity index is 653. The van der Waals surface area contributed by atoms with Crippen molar-refractivity contribution in [1.29, 1.82) is 0 Å². The topological polar surface area (TPSA) is 79.6 Å². The first-order valence-corrected chi connectivity index (χ1v) is 6.54. The molecule has 0 aliphatic carbocycles. The Morgan fingerprint density at radius 3 is 3.16 bits per heavy atom. The lowest BCUT2D eigenvalue weighted by atomic mass is 10.2. The molecule has 6 nitrogen and oxygen atoms in total. The molecule has 0 spiro atoms. The molecule has 2 N–H and O–H groups in total. The van der Waals surface area contributed by atoms with Crippen LogP contribution >= 0.6 is 0 Å². The normalized spacial score (nSPS) is 19.4. The average Bonchev–Trinajstić information content (AvgIpc) is 3.02. The van der Waals surface area contributed by atoms with Crippen LogP contribution in [0.3, 0.4) is 0 Å². The molecule has 2 aromatic rings. The standard InChI is InChI=1S/C13H17N3O3/c1-8-9(4-5-17)13(18)16-12(14-8)7-10(15-16)11-3-2-6-19-11/h7,11,15,17H,2-6H2,1H3. The van der Waals surface area contributed by atoms with Crippen molar-refractivity contribution >= 4 is 5.65 Å². The van der Waals surface area contributed by atoms with Gasteiger partial charge in [-0.3, -0.25) is 9.89 Å².